The van der Waals surface area contributed by atoms with Crippen molar-refractivity contribution in [3.05, 3.63) is 34.9 Å². The Bertz CT molecular complexity index is 443. The SMILES string of the molecule is CC(C)(C)OC(O)C(Cc1ccccc1Cl)C(N)=O. The molecule has 3 N–H and O–H groups in total. The lowest BCUT2D eigenvalue weighted by Crippen LogP contribution is -2.40. The van der Waals surface area contributed by atoms with Crippen molar-refractivity contribution in [2.45, 2.75) is 39.1 Å². The average molecular weight is 286 g/mol. The van der Waals surface area contributed by atoms with Crippen molar-refractivity contribution in [3.8, 4) is 0 Å². The number of ether oxygens (including phenoxy) is 1. The van der Waals surface area contributed by atoms with Gasteiger partial charge in [0.2, 0.25) is 5.91 Å². The Morgan fingerprint density at radius 1 is 1.42 bits per heavy atom. The molecule has 19 heavy (non-hydrogen) atoms. The molecule has 0 aromatic heterocycles. The summed E-state index contributed by atoms with van der Waals surface area (Å²) in [7, 11) is 0. The van der Waals surface area contributed by atoms with Crippen LogP contribution in [-0.2, 0) is 16.0 Å². The number of rotatable bonds is 5. The van der Waals surface area contributed by atoms with Crippen molar-refractivity contribution in [2.75, 3.05) is 0 Å². The summed E-state index contributed by atoms with van der Waals surface area (Å²) < 4.78 is 5.38. The fourth-order valence-electron chi connectivity index (χ4n) is 1.69. The monoisotopic (exact) mass is 285 g/mol. The zero-order valence-corrected chi connectivity index (χ0v) is 12.1. The quantitative estimate of drug-likeness (QED) is 0.814. The zero-order chi connectivity index (χ0) is 14.6. The minimum absolute atomic E-state index is 0.242. The van der Waals surface area contributed by atoms with E-state index in [4.69, 9.17) is 22.1 Å². The molecule has 0 aliphatic carbocycles. The third-order valence-electron chi connectivity index (χ3n) is 2.58. The molecule has 0 aliphatic heterocycles. The number of hydrogen-bond donors (Lipinski definition) is 2. The van der Waals surface area contributed by atoms with Gasteiger partial charge in [-0.15, -0.1) is 0 Å². The van der Waals surface area contributed by atoms with E-state index in [9.17, 15) is 9.90 Å². The number of aliphatic hydroxyl groups is 1. The Morgan fingerprint density at radius 2 is 2.00 bits per heavy atom. The molecule has 0 bridgehead atoms. The standard InChI is InChI=1S/C14H20ClNO3/c1-14(2,3)19-13(18)10(12(16)17)8-9-6-4-5-7-11(9)15/h4-7,10,13,18H,8H2,1-3H3,(H2,16,17). The second-order valence-electron chi connectivity index (χ2n) is 5.43. The maximum Gasteiger partial charge on any atom is 0.226 e. The van der Waals surface area contributed by atoms with Gasteiger partial charge in [0.05, 0.1) is 11.5 Å². The van der Waals surface area contributed by atoms with Crippen LogP contribution in [0.5, 0.6) is 0 Å². The van der Waals surface area contributed by atoms with E-state index in [1.165, 1.54) is 0 Å². The molecule has 0 radical (unpaired) electrons. The average Bonchev–Trinajstić information content (AvgIpc) is 2.24. The first-order valence-electron chi connectivity index (χ1n) is 6.09. The number of carbonyl (C=O) groups excluding carboxylic acids is 1. The van der Waals surface area contributed by atoms with Crippen LogP contribution in [0.2, 0.25) is 5.02 Å². The maximum atomic E-state index is 11.5. The Kier molecular flexibility index (Phi) is 5.35. The van der Waals surface area contributed by atoms with Crippen LogP contribution >= 0.6 is 11.6 Å². The van der Waals surface area contributed by atoms with Gasteiger partial charge in [-0.25, -0.2) is 0 Å². The van der Waals surface area contributed by atoms with Gasteiger partial charge < -0.3 is 15.6 Å². The van der Waals surface area contributed by atoms with Crippen LogP contribution in [0, 0.1) is 5.92 Å². The van der Waals surface area contributed by atoms with E-state index < -0.39 is 23.7 Å². The largest absolute Gasteiger partial charge is 0.369 e. The number of aliphatic hydroxyl groups excluding tert-OH is 1. The van der Waals surface area contributed by atoms with Crippen molar-refractivity contribution < 1.29 is 14.6 Å². The fraction of sp³-hybridized carbons (Fsp3) is 0.500. The Hall–Kier alpha value is -1.10. The second-order valence-corrected chi connectivity index (χ2v) is 5.83. The van der Waals surface area contributed by atoms with E-state index in [0.29, 0.717) is 5.02 Å². The Balaban J connectivity index is 2.85. The van der Waals surface area contributed by atoms with Crippen molar-refractivity contribution in [3.63, 3.8) is 0 Å². The number of nitrogens with two attached hydrogens (primary N) is 1. The molecule has 0 aliphatic rings. The van der Waals surface area contributed by atoms with Gasteiger partial charge in [0.1, 0.15) is 0 Å². The van der Waals surface area contributed by atoms with Crippen LogP contribution in [0.4, 0.5) is 0 Å². The Morgan fingerprint density at radius 3 is 2.47 bits per heavy atom. The summed E-state index contributed by atoms with van der Waals surface area (Å²) in [5, 5.41) is 10.5. The number of halogens is 1. The lowest BCUT2D eigenvalue weighted by molar-refractivity contribution is -0.192. The zero-order valence-electron chi connectivity index (χ0n) is 11.4. The molecule has 2 unspecified atom stereocenters. The van der Waals surface area contributed by atoms with Crippen LogP contribution < -0.4 is 5.73 Å². The third kappa shape index (κ3) is 5.19. The van der Waals surface area contributed by atoms with Gasteiger partial charge in [0, 0.05) is 5.02 Å². The summed E-state index contributed by atoms with van der Waals surface area (Å²) in [5.41, 5.74) is 5.52. The minimum atomic E-state index is -1.26. The van der Waals surface area contributed by atoms with E-state index in [1.54, 1.807) is 39.0 Å². The summed E-state index contributed by atoms with van der Waals surface area (Å²) in [6.07, 6.45) is -1.01. The predicted molar refractivity (Wildman–Crippen MR) is 74.7 cm³/mol. The van der Waals surface area contributed by atoms with Crippen molar-refractivity contribution >= 4 is 17.5 Å². The van der Waals surface area contributed by atoms with Crippen LogP contribution in [0.15, 0.2) is 24.3 Å². The van der Waals surface area contributed by atoms with E-state index in [0.717, 1.165) is 5.56 Å². The summed E-state index contributed by atoms with van der Waals surface area (Å²) in [5.74, 6) is -1.45. The lowest BCUT2D eigenvalue weighted by Gasteiger charge is -2.28. The highest BCUT2D eigenvalue weighted by Crippen LogP contribution is 2.23. The van der Waals surface area contributed by atoms with E-state index in [-0.39, 0.29) is 6.42 Å². The molecular formula is C14H20ClNO3. The van der Waals surface area contributed by atoms with Crippen LogP contribution in [0.3, 0.4) is 0 Å². The van der Waals surface area contributed by atoms with Gasteiger partial charge >= 0.3 is 0 Å². The van der Waals surface area contributed by atoms with Crippen LogP contribution in [0.1, 0.15) is 26.3 Å². The van der Waals surface area contributed by atoms with Crippen molar-refractivity contribution in [1.82, 2.24) is 0 Å². The minimum Gasteiger partial charge on any atom is -0.369 e. The molecular weight excluding hydrogens is 266 g/mol. The smallest absolute Gasteiger partial charge is 0.226 e. The van der Waals surface area contributed by atoms with Gasteiger partial charge in [-0.3, -0.25) is 4.79 Å². The highest BCUT2D eigenvalue weighted by molar-refractivity contribution is 6.31. The number of carbonyl (C=O) groups is 1. The summed E-state index contributed by atoms with van der Waals surface area (Å²) >= 11 is 6.04. The number of primary amides is 1. The molecule has 1 aromatic carbocycles. The van der Waals surface area contributed by atoms with Gasteiger partial charge in [0.15, 0.2) is 6.29 Å². The predicted octanol–water partition coefficient (Wildman–Crippen LogP) is 2.12. The molecule has 0 saturated carbocycles. The molecule has 0 heterocycles. The second kappa shape index (κ2) is 6.37. The molecule has 0 saturated heterocycles. The van der Waals surface area contributed by atoms with Crippen molar-refractivity contribution in [2.24, 2.45) is 11.7 Å². The first-order chi connectivity index (χ1) is 8.70. The topological polar surface area (TPSA) is 72.6 Å². The molecule has 1 rings (SSSR count). The summed E-state index contributed by atoms with van der Waals surface area (Å²) in [4.78, 5) is 11.5. The molecule has 4 nitrogen and oxygen atoms in total. The van der Waals surface area contributed by atoms with Gasteiger partial charge in [-0.2, -0.15) is 0 Å². The number of benzene rings is 1. The highest BCUT2D eigenvalue weighted by atomic mass is 35.5. The van der Waals surface area contributed by atoms with Gasteiger partial charge in [-0.1, -0.05) is 29.8 Å². The summed E-state index contributed by atoms with van der Waals surface area (Å²) in [6.45, 7) is 5.39. The first-order valence-corrected chi connectivity index (χ1v) is 6.47. The molecule has 0 fully saturated rings. The molecule has 5 heteroatoms. The highest BCUT2D eigenvalue weighted by Gasteiger charge is 2.29. The van der Waals surface area contributed by atoms with Crippen LogP contribution in [0.25, 0.3) is 0 Å². The number of hydrogen-bond acceptors (Lipinski definition) is 3. The maximum absolute atomic E-state index is 11.5. The third-order valence-corrected chi connectivity index (χ3v) is 2.95. The van der Waals surface area contributed by atoms with E-state index in [1.807, 2.05) is 6.07 Å². The van der Waals surface area contributed by atoms with Crippen LogP contribution in [-0.4, -0.2) is 22.9 Å². The first kappa shape index (κ1) is 16.0. The normalized spacial score (nSPS) is 15.0. The number of amides is 1. The fourth-order valence-corrected chi connectivity index (χ4v) is 1.90. The van der Waals surface area contributed by atoms with Gasteiger partial charge in [-0.05, 0) is 38.8 Å². The molecule has 1 amide bonds. The van der Waals surface area contributed by atoms with E-state index >= 15 is 0 Å². The summed E-state index contributed by atoms with van der Waals surface area (Å²) in [6, 6.07) is 7.14. The Labute approximate surface area is 118 Å². The van der Waals surface area contributed by atoms with Gasteiger partial charge in [0.25, 0.3) is 0 Å². The molecule has 106 valence electrons. The lowest BCUT2D eigenvalue weighted by atomic mass is 9.97. The van der Waals surface area contributed by atoms with E-state index in [2.05, 4.69) is 0 Å². The molecule has 2 atom stereocenters. The molecule has 0 spiro atoms. The van der Waals surface area contributed by atoms with Crippen molar-refractivity contribution in [1.29, 1.82) is 0 Å². The molecule has 1 aromatic rings.